The highest BCUT2D eigenvalue weighted by Gasteiger charge is 2.31. The van der Waals surface area contributed by atoms with Crippen LogP contribution in [0.2, 0.25) is 0 Å². The minimum atomic E-state index is 0.138. The van der Waals surface area contributed by atoms with Gasteiger partial charge in [0.15, 0.2) is 0 Å². The van der Waals surface area contributed by atoms with Gasteiger partial charge in [0.2, 0.25) is 0 Å². The van der Waals surface area contributed by atoms with Crippen molar-refractivity contribution in [1.82, 2.24) is 0 Å². The Labute approximate surface area is 69.1 Å². The maximum absolute atomic E-state index is 9.18. The Morgan fingerprint density at radius 3 is 2.82 bits per heavy atom. The van der Waals surface area contributed by atoms with Gasteiger partial charge in [-0.3, -0.25) is 0 Å². The Morgan fingerprint density at radius 2 is 2.36 bits per heavy atom. The Hall–Kier alpha value is -0.300. The molecule has 1 aliphatic carbocycles. The van der Waals surface area contributed by atoms with E-state index in [0.717, 1.165) is 12.8 Å². The van der Waals surface area contributed by atoms with Crippen LogP contribution < -0.4 is 0 Å². The fourth-order valence-electron chi connectivity index (χ4n) is 1.64. The summed E-state index contributed by atoms with van der Waals surface area (Å²) < 4.78 is 0. The number of aliphatic hydroxyl groups is 1. The SMILES string of the molecule is CC1=CC(C)C(C)(CO)CC1. The van der Waals surface area contributed by atoms with E-state index in [1.54, 1.807) is 0 Å². The summed E-state index contributed by atoms with van der Waals surface area (Å²) in [5, 5.41) is 9.18. The van der Waals surface area contributed by atoms with Gasteiger partial charge < -0.3 is 5.11 Å². The van der Waals surface area contributed by atoms with Crippen molar-refractivity contribution in [1.29, 1.82) is 0 Å². The first kappa shape index (κ1) is 8.79. The monoisotopic (exact) mass is 154 g/mol. The normalized spacial score (nSPS) is 38.5. The van der Waals surface area contributed by atoms with Crippen molar-refractivity contribution in [3.05, 3.63) is 11.6 Å². The summed E-state index contributed by atoms with van der Waals surface area (Å²) in [6.45, 7) is 6.85. The molecule has 0 fully saturated rings. The molecule has 0 aliphatic heterocycles. The fourth-order valence-corrected chi connectivity index (χ4v) is 1.64. The summed E-state index contributed by atoms with van der Waals surface area (Å²) in [6.07, 6.45) is 4.58. The lowest BCUT2D eigenvalue weighted by atomic mass is 9.70. The van der Waals surface area contributed by atoms with Crippen LogP contribution in [0, 0.1) is 11.3 Å². The van der Waals surface area contributed by atoms with Gasteiger partial charge >= 0.3 is 0 Å². The summed E-state index contributed by atoms with van der Waals surface area (Å²) in [5.41, 5.74) is 1.61. The van der Waals surface area contributed by atoms with Crippen LogP contribution in [0.25, 0.3) is 0 Å². The first-order valence-corrected chi connectivity index (χ1v) is 4.36. The van der Waals surface area contributed by atoms with E-state index in [0.29, 0.717) is 12.5 Å². The number of aliphatic hydroxyl groups excluding tert-OH is 1. The molecule has 2 atom stereocenters. The van der Waals surface area contributed by atoms with Crippen LogP contribution in [0.4, 0.5) is 0 Å². The van der Waals surface area contributed by atoms with Gasteiger partial charge in [0.05, 0.1) is 0 Å². The molecule has 11 heavy (non-hydrogen) atoms. The summed E-state index contributed by atoms with van der Waals surface area (Å²) in [6, 6.07) is 0. The molecule has 0 aromatic rings. The second-order valence-electron chi connectivity index (χ2n) is 4.11. The van der Waals surface area contributed by atoms with Crippen LogP contribution in [0.1, 0.15) is 33.6 Å². The standard InChI is InChI=1S/C10H18O/c1-8-4-5-10(3,7-11)9(2)6-8/h6,9,11H,4-5,7H2,1-3H3. The molecule has 1 heteroatoms. The van der Waals surface area contributed by atoms with Gasteiger partial charge in [-0.15, -0.1) is 0 Å². The van der Waals surface area contributed by atoms with Gasteiger partial charge in [-0.1, -0.05) is 25.5 Å². The van der Waals surface area contributed by atoms with E-state index in [1.165, 1.54) is 5.57 Å². The zero-order valence-electron chi connectivity index (χ0n) is 7.72. The third-order valence-corrected chi connectivity index (χ3v) is 3.09. The predicted octanol–water partition coefficient (Wildman–Crippen LogP) is 2.36. The molecule has 64 valence electrons. The van der Waals surface area contributed by atoms with Gasteiger partial charge in [-0.2, -0.15) is 0 Å². The van der Waals surface area contributed by atoms with Crippen molar-refractivity contribution in [2.45, 2.75) is 33.6 Å². The smallest absolute Gasteiger partial charge is 0.0490 e. The van der Waals surface area contributed by atoms with E-state index in [-0.39, 0.29) is 5.41 Å². The lowest BCUT2D eigenvalue weighted by Gasteiger charge is -2.36. The van der Waals surface area contributed by atoms with Crippen LogP contribution in [0.5, 0.6) is 0 Å². The zero-order valence-corrected chi connectivity index (χ0v) is 7.72. The molecule has 0 saturated heterocycles. The van der Waals surface area contributed by atoms with E-state index in [2.05, 4.69) is 26.8 Å². The highest BCUT2D eigenvalue weighted by Crippen LogP contribution is 2.38. The number of rotatable bonds is 1. The second kappa shape index (κ2) is 2.98. The molecule has 1 aliphatic rings. The molecule has 1 rings (SSSR count). The van der Waals surface area contributed by atoms with E-state index in [4.69, 9.17) is 0 Å². The Balaban J connectivity index is 2.74. The highest BCUT2D eigenvalue weighted by molar-refractivity contribution is 5.09. The summed E-state index contributed by atoms with van der Waals surface area (Å²) in [7, 11) is 0. The maximum atomic E-state index is 9.18. The first-order chi connectivity index (χ1) is 5.08. The van der Waals surface area contributed by atoms with Crippen LogP contribution in [-0.2, 0) is 0 Å². The van der Waals surface area contributed by atoms with Gasteiger partial charge in [-0.25, -0.2) is 0 Å². The van der Waals surface area contributed by atoms with E-state index in [9.17, 15) is 5.11 Å². The lowest BCUT2D eigenvalue weighted by molar-refractivity contribution is 0.0911. The molecule has 1 N–H and O–H groups in total. The van der Waals surface area contributed by atoms with Crippen molar-refractivity contribution in [2.75, 3.05) is 6.61 Å². The minimum absolute atomic E-state index is 0.138. The van der Waals surface area contributed by atoms with Gasteiger partial charge in [0.25, 0.3) is 0 Å². The molecular formula is C10H18O. The molecular weight excluding hydrogens is 136 g/mol. The van der Waals surface area contributed by atoms with Crippen molar-refractivity contribution >= 4 is 0 Å². The van der Waals surface area contributed by atoms with E-state index >= 15 is 0 Å². The fraction of sp³-hybridized carbons (Fsp3) is 0.800. The predicted molar refractivity (Wildman–Crippen MR) is 47.3 cm³/mol. The van der Waals surface area contributed by atoms with Crippen molar-refractivity contribution in [3.8, 4) is 0 Å². The average molecular weight is 154 g/mol. The van der Waals surface area contributed by atoms with Crippen LogP contribution in [0.15, 0.2) is 11.6 Å². The van der Waals surface area contributed by atoms with Gasteiger partial charge in [-0.05, 0) is 31.1 Å². The second-order valence-corrected chi connectivity index (χ2v) is 4.11. The third kappa shape index (κ3) is 1.64. The van der Waals surface area contributed by atoms with Crippen molar-refractivity contribution < 1.29 is 5.11 Å². The van der Waals surface area contributed by atoms with Gasteiger partial charge in [0.1, 0.15) is 0 Å². The molecule has 0 aromatic heterocycles. The third-order valence-electron chi connectivity index (χ3n) is 3.09. The van der Waals surface area contributed by atoms with Crippen LogP contribution in [-0.4, -0.2) is 11.7 Å². The summed E-state index contributed by atoms with van der Waals surface area (Å²) in [5.74, 6) is 0.529. The highest BCUT2D eigenvalue weighted by atomic mass is 16.3. The maximum Gasteiger partial charge on any atom is 0.0490 e. The molecule has 0 spiro atoms. The van der Waals surface area contributed by atoms with E-state index < -0.39 is 0 Å². The largest absolute Gasteiger partial charge is 0.396 e. The minimum Gasteiger partial charge on any atom is -0.396 e. The topological polar surface area (TPSA) is 20.2 Å². The Kier molecular flexibility index (Phi) is 2.38. The average Bonchev–Trinajstić information content (AvgIpc) is 1.98. The molecule has 1 nitrogen and oxygen atoms in total. The lowest BCUT2D eigenvalue weighted by Crippen LogP contribution is -2.31. The van der Waals surface area contributed by atoms with Crippen LogP contribution >= 0.6 is 0 Å². The molecule has 0 radical (unpaired) electrons. The molecule has 0 heterocycles. The molecule has 2 unspecified atom stereocenters. The molecule has 0 amide bonds. The first-order valence-electron chi connectivity index (χ1n) is 4.36. The molecule has 0 bridgehead atoms. The summed E-state index contributed by atoms with van der Waals surface area (Å²) >= 11 is 0. The number of hydrogen-bond donors (Lipinski definition) is 1. The zero-order chi connectivity index (χ0) is 8.48. The Bertz CT molecular complexity index is 172. The van der Waals surface area contributed by atoms with Crippen molar-refractivity contribution in [3.63, 3.8) is 0 Å². The Morgan fingerprint density at radius 1 is 1.73 bits per heavy atom. The van der Waals surface area contributed by atoms with Gasteiger partial charge in [0, 0.05) is 6.61 Å². The quantitative estimate of drug-likeness (QED) is 0.575. The van der Waals surface area contributed by atoms with E-state index in [1.807, 2.05) is 0 Å². The number of hydrogen-bond acceptors (Lipinski definition) is 1. The van der Waals surface area contributed by atoms with Crippen LogP contribution in [0.3, 0.4) is 0 Å². The molecule has 0 aromatic carbocycles. The summed E-state index contributed by atoms with van der Waals surface area (Å²) in [4.78, 5) is 0. The van der Waals surface area contributed by atoms with Crippen molar-refractivity contribution in [2.24, 2.45) is 11.3 Å². The molecule has 0 saturated carbocycles. The number of allylic oxidation sites excluding steroid dienone is 2.